The molecule has 1 aromatic heterocycles. The van der Waals surface area contributed by atoms with Crippen molar-refractivity contribution in [2.45, 2.75) is 19.4 Å². The molecule has 4 nitrogen and oxygen atoms in total. The summed E-state index contributed by atoms with van der Waals surface area (Å²) in [6, 6.07) is 4.54. The van der Waals surface area contributed by atoms with Crippen LogP contribution in [0.25, 0.3) is 0 Å². The van der Waals surface area contributed by atoms with Crippen LogP contribution in [0.3, 0.4) is 0 Å². The number of nitrogens with zero attached hydrogens (tertiary/aromatic N) is 2. The predicted molar refractivity (Wildman–Crippen MR) is 76.4 cm³/mol. The Morgan fingerprint density at radius 2 is 2.17 bits per heavy atom. The standard InChI is InChI=1S/C13H21N3OS/c1-3-12(14-2)13-5-4-11(10-15-13)16-6-8-18(17)9-7-16/h4-5,10,12,14H,3,6-9H2,1-2H3. The molecule has 0 amide bonds. The topological polar surface area (TPSA) is 45.2 Å². The molecule has 100 valence electrons. The van der Waals surface area contributed by atoms with Gasteiger partial charge in [-0.05, 0) is 25.6 Å². The van der Waals surface area contributed by atoms with Crippen LogP contribution < -0.4 is 10.2 Å². The molecule has 1 atom stereocenters. The van der Waals surface area contributed by atoms with E-state index >= 15 is 0 Å². The molecule has 1 N–H and O–H groups in total. The second kappa shape index (κ2) is 6.29. The first kappa shape index (κ1) is 13.5. The molecule has 0 aliphatic carbocycles. The van der Waals surface area contributed by atoms with Gasteiger partial charge < -0.3 is 10.2 Å². The van der Waals surface area contributed by atoms with Crippen LogP contribution in [0.2, 0.25) is 0 Å². The highest BCUT2D eigenvalue weighted by atomic mass is 32.2. The number of hydrogen-bond donors (Lipinski definition) is 1. The van der Waals surface area contributed by atoms with Crippen molar-refractivity contribution in [1.82, 2.24) is 10.3 Å². The molecule has 5 heteroatoms. The molecule has 1 aliphatic rings. The summed E-state index contributed by atoms with van der Waals surface area (Å²) in [6.45, 7) is 3.89. The van der Waals surface area contributed by atoms with Gasteiger partial charge in [0.1, 0.15) is 0 Å². The highest BCUT2D eigenvalue weighted by Crippen LogP contribution is 2.19. The van der Waals surface area contributed by atoms with Crippen molar-refractivity contribution < 1.29 is 4.21 Å². The van der Waals surface area contributed by atoms with Crippen molar-refractivity contribution in [3.63, 3.8) is 0 Å². The second-order valence-electron chi connectivity index (χ2n) is 4.53. The van der Waals surface area contributed by atoms with E-state index in [4.69, 9.17) is 0 Å². The number of hydrogen-bond acceptors (Lipinski definition) is 4. The summed E-state index contributed by atoms with van der Waals surface area (Å²) in [5, 5.41) is 3.26. The quantitative estimate of drug-likeness (QED) is 0.894. The van der Waals surface area contributed by atoms with Crippen molar-refractivity contribution in [2.24, 2.45) is 0 Å². The molecule has 1 aliphatic heterocycles. The van der Waals surface area contributed by atoms with E-state index in [1.807, 2.05) is 13.2 Å². The van der Waals surface area contributed by atoms with Gasteiger partial charge in [0.15, 0.2) is 0 Å². The number of pyridine rings is 1. The average Bonchev–Trinajstić information content (AvgIpc) is 2.42. The Balaban J connectivity index is 2.05. The van der Waals surface area contributed by atoms with Crippen molar-refractivity contribution in [1.29, 1.82) is 0 Å². The van der Waals surface area contributed by atoms with E-state index in [9.17, 15) is 4.21 Å². The van der Waals surface area contributed by atoms with Gasteiger partial charge in [-0.1, -0.05) is 6.92 Å². The van der Waals surface area contributed by atoms with Crippen LogP contribution in [0.4, 0.5) is 5.69 Å². The van der Waals surface area contributed by atoms with E-state index in [0.717, 1.165) is 42.4 Å². The maximum Gasteiger partial charge on any atom is 0.0574 e. The maximum absolute atomic E-state index is 11.3. The van der Waals surface area contributed by atoms with Crippen LogP contribution >= 0.6 is 0 Å². The van der Waals surface area contributed by atoms with Crippen molar-refractivity contribution >= 4 is 16.5 Å². The normalized spacial score (nSPS) is 18.9. The zero-order valence-electron chi connectivity index (χ0n) is 11.1. The molecule has 1 unspecified atom stereocenters. The Hall–Kier alpha value is -0.940. The van der Waals surface area contributed by atoms with Gasteiger partial charge in [-0.25, -0.2) is 0 Å². The van der Waals surface area contributed by atoms with Gasteiger partial charge in [0.2, 0.25) is 0 Å². The van der Waals surface area contributed by atoms with Gasteiger partial charge in [0.25, 0.3) is 0 Å². The Labute approximate surface area is 111 Å². The molecule has 1 saturated heterocycles. The Bertz CT molecular complexity index is 393. The van der Waals surface area contributed by atoms with E-state index in [0.29, 0.717) is 6.04 Å². The second-order valence-corrected chi connectivity index (χ2v) is 6.22. The minimum Gasteiger partial charge on any atom is -0.368 e. The largest absolute Gasteiger partial charge is 0.368 e. The van der Waals surface area contributed by atoms with Gasteiger partial charge in [0, 0.05) is 41.4 Å². The van der Waals surface area contributed by atoms with Crippen molar-refractivity contribution in [2.75, 3.05) is 36.5 Å². The van der Waals surface area contributed by atoms with E-state index in [1.165, 1.54) is 0 Å². The third kappa shape index (κ3) is 3.09. The lowest BCUT2D eigenvalue weighted by molar-refractivity contribution is 0.561. The minimum absolute atomic E-state index is 0.327. The number of aromatic nitrogens is 1. The highest BCUT2D eigenvalue weighted by molar-refractivity contribution is 7.85. The number of anilines is 1. The summed E-state index contributed by atoms with van der Waals surface area (Å²) in [4.78, 5) is 6.80. The third-order valence-electron chi connectivity index (χ3n) is 3.43. The Morgan fingerprint density at radius 1 is 1.44 bits per heavy atom. The first-order valence-corrected chi connectivity index (χ1v) is 7.96. The van der Waals surface area contributed by atoms with E-state index < -0.39 is 10.8 Å². The molecular formula is C13H21N3OS. The summed E-state index contributed by atoms with van der Waals surface area (Å²) in [5.41, 5.74) is 2.23. The van der Waals surface area contributed by atoms with Crippen LogP contribution in [0.1, 0.15) is 25.1 Å². The molecule has 0 spiro atoms. The zero-order chi connectivity index (χ0) is 13.0. The fraction of sp³-hybridized carbons (Fsp3) is 0.615. The average molecular weight is 267 g/mol. The highest BCUT2D eigenvalue weighted by Gasteiger charge is 2.16. The van der Waals surface area contributed by atoms with Crippen LogP contribution in [-0.4, -0.2) is 40.8 Å². The molecule has 0 bridgehead atoms. The molecule has 0 radical (unpaired) electrons. The summed E-state index contributed by atoms with van der Waals surface area (Å²) in [6.07, 6.45) is 2.97. The fourth-order valence-corrected chi connectivity index (χ4v) is 3.30. The first-order chi connectivity index (χ1) is 8.74. The third-order valence-corrected chi connectivity index (χ3v) is 4.70. The summed E-state index contributed by atoms with van der Waals surface area (Å²) < 4.78 is 11.3. The van der Waals surface area contributed by atoms with Gasteiger partial charge in [-0.3, -0.25) is 9.19 Å². The lowest BCUT2D eigenvalue weighted by atomic mass is 10.1. The molecule has 1 fully saturated rings. The van der Waals surface area contributed by atoms with E-state index in [2.05, 4.69) is 34.3 Å². The maximum atomic E-state index is 11.3. The molecular weight excluding hydrogens is 246 g/mol. The van der Waals surface area contributed by atoms with Crippen LogP contribution in [0, 0.1) is 0 Å². The Kier molecular flexibility index (Phi) is 4.72. The molecule has 0 aromatic carbocycles. The molecule has 18 heavy (non-hydrogen) atoms. The minimum atomic E-state index is -0.621. The van der Waals surface area contributed by atoms with Crippen LogP contribution in [-0.2, 0) is 10.8 Å². The van der Waals surface area contributed by atoms with Crippen molar-refractivity contribution in [3.05, 3.63) is 24.0 Å². The van der Waals surface area contributed by atoms with E-state index in [-0.39, 0.29) is 0 Å². The number of nitrogens with one attached hydrogen (secondary N) is 1. The molecule has 1 aromatic rings. The summed E-state index contributed by atoms with van der Waals surface area (Å²) >= 11 is 0. The molecule has 0 saturated carbocycles. The van der Waals surface area contributed by atoms with Gasteiger partial charge in [-0.2, -0.15) is 0 Å². The van der Waals surface area contributed by atoms with Gasteiger partial charge >= 0.3 is 0 Å². The Morgan fingerprint density at radius 3 is 2.67 bits per heavy atom. The fourth-order valence-electron chi connectivity index (χ4n) is 2.25. The summed E-state index contributed by atoms with van der Waals surface area (Å²) in [5.74, 6) is 1.55. The predicted octanol–water partition coefficient (Wildman–Crippen LogP) is 1.32. The summed E-state index contributed by atoms with van der Waals surface area (Å²) in [7, 11) is 1.34. The smallest absolute Gasteiger partial charge is 0.0574 e. The van der Waals surface area contributed by atoms with Gasteiger partial charge in [-0.15, -0.1) is 0 Å². The SMILES string of the molecule is CCC(NC)c1ccc(N2CCS(=O)CC2)cn1. The molecule has 2 heterocycles. The zero-order valence-corrected chi connectivity index (χ0v) is 11.9. The van der Waals surface area contributed by atoms with Crippen molar-refractivity contribution in [3.8, 4) is 0 Å². The van der Waals surface area contributed by atoms with Crippen LogP contribution in [0.15, 0.2) is 18.3 Å². The van der Waals surface area contributed by atoms with E-state index in [1.54, 1.807) is 0 Å². The first-order valence-electron chi connectivity index (χ1n) is 6.47. The van der Waals surface area contributed by atoms with Crippen LogP contribution in [0.5, 0.6) is 0 Å². The number of rotatable bonds is 4. The molecule has 2 rings (SSSR count). The monoisotopic (exact) mass is 267 g/mol. The lowest BCUT2D eigenvalue weighted by Crippen LogP contribution is -2.37. The van der Waals surface area contributed by atoms with Gasteiger partial charge in [0.05, 0.1) is 17.6 Å². The lowest BCUT2D eigenvalue weighted by Gasteiger charge is -2.28.